The van der Waals surface area contributed by atoms with Crippen LogP contribution >= 0.6 is 0 Å². The van der Waals surface area contributed by atoms with Gasteiger partial charge < -0.3 is 15.2 Å². The third-order valence-corrected chi connectivity index (χ3v) is 3.19. The van der Waals surface area contributed by atoms with Crippen LogP contribution in [-0.4, -0.2) is 40.6 Å². The van der Waals surface area contributed by atoms with Crippen LogP contribution in [0, 0.1) is 5.92 Å². The summed E-state index contributed by atoms with van der Waals surface area (Å²) < 4.78 is 5.25. The maximum atomic E-state index is 12.1. The maximum absolute atomic E-state index is 12.1. The molecule has 1 aliphatic rings. The van der Waals surface area contributed by atoms with E-state index in [1.54, 1.807) is 13.8 Å². The molecule has 0 bridgehead atoms. The lowest BCUT2D eigenvalue weighted by Crippen LogP contribution is -2.45. The molecule has 1 amide bonds. The molecule has 2 heterocycles. The Morgan fingerprint density at radius 1 is 1.50 bits per heavy atom. The van der Waals surface area contributed by atoms with Gasteiger partial charge in [-0.1, -0.05) is 13.8 Å². The molecule has 2 N–H and O–H groups in total. The third-order valence-electron chi connectivity index (χ3n) is 3.19. The molecule has 0 aliphatic carbocycles. The van der Waals surface area contributed by atoms with Crippen molar-refractivity contribution in [2.45, 2.75) is 19.6 Å². The number of rotatable bonds is 4. The number of aromatic carboxylic acids is 1. The van der Waals surface area contributed by atoms with Crippen molar-refractivity contribution in [2.75, 3.05) is 7.11 Å². The third kappa shape index (κ3) is 2.05. The van der Waals surface area contributed by atoms with E-state index in [1.165, 1.54) is 25.4 Å². The van der Waals surface area contributed by atoms with E-state index in [4.69, 9.17) is 9.84 Å². The van der Waals surface area contributed by atoms with E-state index in [2.05, 4.69) is 15.3 Å². The lowest BCUT2D eigenvalue weighted by Gasteiger charge is -2.25. The number of aromatic nitrogens is 1. The van der Waals surface area contributed by atoms with Crippen molar-refractivity contribution in [1.82, 2.24) is 10.3 Å². The molecule has 0 saturated heterocycles. The van der Waals surface area contributed by atoms with Crippen LogP contribution in [0.5, 0.6) is 0 Å². The predicted octanol–water partition coefficient (Wildman–Crippen LogP) is 0.655. The molecular weight excluding hydrogens is 262 g/mol. The van der Waals surface area contributed by atoms with Gasteiger partial charge in [-0.25, -0.2) is 9.79 Å². The first-order chi connectivity index (χ1) is 9.42. The fraction of sp³-hybridized carbons (Fsp3) is 0.385. The van der Waals surface area contributed by atoms with Gasteiger partial charge in [0.05, 0.1) is 5.56 Å². The van der Waals surface area contributed by atoms with E-state index in [1.807, 2.05) is 0 Å². The number of aliphatic imine (C=N–C) groups is 1. The summed E-state index contributed by atoms with van der Waals surface area (Å²) >= 11 is 0. The summed E-state index contributed by atoms with van der Waals surface area (Å²) in [6.45, 7) is 3.60. The van der Waals surface area contributed by atoms with Gasteiger partial charge in [0.15, 0.2) is 5.84 Å². The van der Waals surface area contributed by atoms with Gasteiger partial charge in [0.2, 0.25) is 5.72 Å². The first-order valence-corrected chi connectivity index (χ1v) is 6.07. The van der Waals surface area contributed by atoms with Crippen LogP contribution in [-0.2, 0) is 9.53 Å². The van der Waals surface area contributed by atoms with Gasteiger partial charge >= 0.3 is 5.97 Å². The summed E-state index contributed by atoms with van der Waals surface area (Å²) in [5.74, 6) is -1.65. The monoisotopic (exact) mass is 277 g/mol. The lowest BCUT2D eigenvalue weighted by atomic mass is 10.0. The van der Waals surface area contributed by atoms with Gasteiger partial charge in [-0.3, -0.25) is 9.78 Å². The molecule has 1 unspecified atom stereocenters. The zero-order valence-electron chi connectivity index (χ0n) is 11.4. The second-order valence-electron chi connectivity index (χ2n) is 4.67. The Kier molecular flexibility index (Phi) is 3.54. The van der Waals surface area contributed by atoms with Crippen molar-refractivity contribution < 1.29 is 19.4 Å². The first-order valence-electron chi connectivity index (χ1n) is 6.07. The van der Waals surface area contributed by atoms with E-state index in [9.17, 15) is 9.59 Å². The molecule has 0 saturated carbocycles. The Labute approximate surface area is 115 Å². The fourth-order valence-electron chi connectivity index (χ4n) is 2.09. The van der Waals surface area contributed by atoms with E-state index in [-0.39, 0.29) is 23.0 Å². The number of carbonyl (C=O) groups excluding carboxylic acids is 1. The number of amidine groups is 1. The SMILES string of the molecule is COC1(C(C)C)N=C(c2ncccc2C(=O)O)NC1=O. The normalized spacial score (nSPS) is 21.8. The molecule has 1 aliphatic heterocycles. The molecule has 20 heavy (non-hydrogen) atoms. The molecule has 1 atom stereocenters. The molecular formula is C13H15N3O4. The Hall–Kier alpha value is -2.28. The number of carboxylic acid groups (broad SMARTS) is 1. The zero-order valence-corrected chi connectivity index (χ0v) is 11.4. The number of nitrogens with zero attached hydrogens (tertiary/aromatic N) is 2. The minimum atomic E-state index is -1.34. The summed E-state index contributed by atoms with van der Waals surface area (Å²) in [6, 6.07) is 2.91. The number of nitrogens with one attached hydrogen (secondary N) is 1. The van der Waals surface area contributed by atoms with Crippen molar-refractivity contribution in [3.63, 3.8) is 0 Å². The average molecular weight is 277 g/mol. The Bertz CT molecular complexity index is 597. The summed E-state index contributed by atoms with van der Waals surface area (Å²) in [5.41, 5.74) is -1.25. The summed E-state index contributed by atoms with van der Waals surface area (Å²) in [7, 11) is 1.39. The van der Waals surface area contributed by atoms with Crippen molar-refractivity contribution >= 4 is 17.7 Å². The smallest absolute Gasteiger partial charge is 0.338 e. The van der Waals surface area contributed by atoms with Crippen molar-refractivity contribution in [1.29, 1.82) is 0 Å². The van der Waals surface area contributed by atoms with Crippen LogP contribution in [0.4, 0.5) is 0 Å². The second kappa shape index (κ2) is 5.01. The molecule has 106 valence electrons. The highest BCUT2D eigenvalue weighted by atomic mass is 16.5. The van der Waals surface area contributed by atoms with Crippen molar-refractivity contribution in [3.05, 3.63) is 29.6 Å². The summed E-state index contributed by atoms with van der Waals surface area (Å²) in [4.78, 5) is 31.5. The molecule has 1 aromatic heterocycles. The minimum Gasteiger partial charge on any atom is -0.478 e. The number of ether oxygens (including phenoxy) is 1. The average Bonchev–Trinajstić information content (AvgIpc) is 2.77. The number of hydrogen-bond acceptors (Lipinski definition) is 5. The van der Waals surface area contributed by atoms with Crippen LogP contribution < -0.4 is 5.32 Å². The summed E-state index contributed by atoms with van der Waals surface area (Å²) in [5, 5.41) is 11.7. The molecule has 2 rings (SSSR count). The number of methoxy groups -OCH3 is 1. The number of carbonyl (C=O) groups is 2. The number of carboxylic acids is 1. The van der Waals surface area contributed by atoms with Gasteiger partial charge in [0.1, 0.15) is 5.69 Å². The molecule has 0 fully saturated rings. The van der Waals surface area contributed by atoms with Gasteiger partial charge in [0.25, 0.3) is 5.91 Å². The number of pyridine rings is 1. The molecule has 7 nitrogen and oxygen atoms in total. The highest BCUT2D eigenvalue weighted by molar-refractivity contribution is 6.17. The van der Waals surface area contributed by atoms with E-state index in [0.29, 0.717) is 0 Å². The largest absolute Gasteiger partial charge is 0.478 e. The highest BCUT2D eigenvalue weighted by Gasteiger charge is 2.47. The standard InChI is InChI=1S/C13H15N3O4/c1-7(2)13(20-3)12(19)15-10(16-13)9-8(11(17)18)5-4-6-14-9/h4-7H,1-3H3,(H,17,18)(H,15,16,19). The van der Waals surface area contributed by atoms with Crippen LogP contribution in [0.25, 0.3) is 0 Å². The highest BCUT2D eigenvalue weighted by Crippen LogP contribution is 2.28. The van der Waals surface area contributed by atoms with Gasteiger partial charge in [-0.05, 0) is 12.1 Å². The fourth-order valence-corrected chi connectivity index (χ4v) is 2.09. The van der Waals surface area contributed by atoms with E-state index < -0.39 is 17.6 Å². The Morgan fingerprint density at radius 3 is 2.70 bits per heavy atom. The molecule has 1 aromatic rings. The maximum Gasteiger partial charge on any atom is 0.338 e. The number of hydrogen-bond donors (Lipinski definition) is 2. The van der Waals surface area contributed by atoms with Gasteiger partial charge in [0, 0.05) is 19.2 Å². The predicted molar refractivity (Wildman–Crippen MR) is 70.5 cm³/mol. The molecule has 0 radical (unpaired) electrons. The lowest BCUT2D eigenvalue weighted by molar-refractivity contribution is -0.144. The van der Waals surface area contributed by atoms with Crippen molar-refractivity contribution in [2.24, 2.45) is 10.9 Å². The Morgan fingerprint density at radius 2 is 2.20 bits per heavy atom. The van der Waals surface area contributed by atoms with E-state index >= 15 is 0 Å². The minimum absolute atomic E-state index is 0.0257. The van der Waals surface area contributed by atoms with Gasteiger partial charge in [-0.2, -0.15) is 0 Å². The van der Waals surface area contributed by atoms with Crippen LogP contribution in [0.2, 0.25) is 0 Å². The quantitative estimate of drug-likeness (QED) is 0.841. The van der Waals surface area contributed by atoms with E-state index in [0.717, 1.165) is 0 Å². The van der Waals surface area contributed by atoms with Gasteiger partial charge in [-0.15, -0.1) is 0 Å². The first kappa shape index (κ1) is 14.1. The molecule has 0 spiro atoms. The zero-order chi connectivity index (χ0) is 14.9. The van der Waals surface area contributed by atoms with Crippen LogP contribution in [0.15, 0.2) is 23.3 Å². The molecule has 7 heteroatoms. The second-order valence-corrected chi connectivity index (χ2v) is 4.67. The summed E-state index contributed by atoms with van der Waals surface area (Å²) in [6.07, 6.45) is 1.44. The van der Waals surface area contributed by atoms with Crippen LogP contribution in [0.3, 0.4) is 0 Å². The van der Waals surface area contributed by atoms with Crippen LogP contribution in [0.1, 0.15) is 29.9 Å². The van der Waals surface area contributed by atoms with Crippen molar-refractivity contribution in [3.8, 4) is 0 Å². The topological polar surface area (TPSA) is 101 Å². The molecule has 0 aromatic carbocycles. The Balaban J connectivity index is 2.53. The number of amides is 1.